The van der Waals surface area contributed by atoms with E-state index in [0.29, 0.717) is 0 Å². The molecule has 0 fully saturated rings. The van der Waals surface area contributed by atoms with E-state index in [1.807, 2.05) is 0 Å². The quantitative estimate of drug-likeness (QED) is 0.616. The number of halogens is 4. The molecule has 0 saturated carbocycles. The second kappa shape index (κ2) is 3.92. The minimum atomic E-state index is -2.91. The summed E-state index contributed by atoms with van der Waals surface area (Å²) >= 11 is 1.68. The Labute approximate surface area is 79.9 Å². The van der Waals surface area contributed by atoms with Crippen molar-refractivity contribution < 1.29 is 17.9 Å². The molecule has 6 heteroatoms. The minimum absolute atomic E-state index is 0.119. The molecule has 0 unspecified atom stereocenters. The third kappa shape index (κ3) is 2.50. The van der Waals surface area contributed by atoms with Gasteiger partial charge in [0.05, 0.1) is 9.77 Å². The van der Waals surface area contributed by atoms with Gasteiger partial charge in [-0.25, -0.2) is 4.98 Å². The highest BCUT2D eigenvalue weighted by Crippen LogP contribution is 2.21. The summed E-state index contributed by atoms with van der Waals surface area (Å²) in [6.45, 7) is -2.91. The monoisotopic (exact) mass is 289 g/mol. The van der Waals surface area contributed by atoms with Crippen LogP contribution in [0.2, 0.25) is 0 Å². The molecule has 12 heavy (non-hydrogen) atoms. The first-order valence-corrected chi connectivity index (χ1v) is 3.93. The lowest BCUT2D eigenvalue weighted by Gasteiger charge is -2.04. The zero-order chi connectivity index (χ0) is 9.14. The molecule has 66 valence electrons. The molecular weight excluding hydrogens is 286 g/mol. The maximum atomic E-state index is 12.3. The molecule has 0 atom stereocenters. The Kier molecular flexibility index (Phi) is 3.12. The average Bonchev–Trinajstić information content (AvgIpc) is 1.94. The summed E-state index contributed by atoms with van der Waals surface area (Å²) in [5, 5.41) is 0. The Morgan fingerprint density at radius 3 is 2.67 bits per heavy atom. The van der Waals surface area contributed by atoms with Crippen LogP contribution in [0.4, 0.5) is 13.2 Å². The van der Waals surface area contributed by atoms with Crippen LogP contribution in [0.15, 0.2) is 12.3 Å². The van der Waals surface area contributed by atoms with E-state index in [1.165, 1.54) is 0 Å². The van der Waals surface area contributed by atoms with Crippen LogP contribution in [0.3, 0.4) is 0 Å². The number of ether oxygens (including phenoxy) is 1. The predicted octanol–water partition coefficient (Wildman–Crippen LogP) is 2.43. The molecule has 0 saturated heterocycles. The Morgan fingerprint density at radius 1 is 1.50 bits per heavy atom. The van der Waals surface area contributed by atoms with Gasteiger partial charge in [-0.2, -0.15) is 13.2 Å². The van der Waals surface area contributed by atoms with Crippen molar-refractivity contribution in [3.05, 3.63) is 21.8 Å². The fraction of sp³-hybridized carbons (Fsp3) is 0.167. The molecule has 0 spiro atoms. The van der Waals surface area contributed by atoms with Gasteiger partial charge in [-0.15, -0.1) is 0 Å². The molecule has 0 bridgehead atoms. The molecule has 0 N–H and O–H groups in total. The third-order valence-corrected chi connectivity index (χ3v) is 1.85. The van der Waals surface area contributed by atoms with Gasteiger partial charge in [0, 0.05) is 6.07 Å². The van der Waals surface area contributed by atoms with Crippen molar-refractivity contribution in [1.29, 1.82) is 0 Å². The average molecular weight is 289 g/mol. The molecule has 2 nitrogen and oxygen atoms in total. The summed E-state index contributed by atoms with van der Waals surface area (Å²) in [6, 6.07) is 1.01. The van der Waals surface area contributed by atoms with Crippen LogP contribution in [0, 0.1) is 9.52 Å². The summed E-state index contributed by atoms with van der Waals surface area (Å²) in [4.78, 5) is 3.16. The minimum Gasteiger partial charge on any atom is -0.432 e. The van der Waals surface area contributed by atoms with Crippen molar-refractivity contribution in [1.82, 2.24) is 4.98 Å². The van der Waals surface area contributed by atoms with Gasteiger partial charge < -0.3 is 4.74 Å². The maximum absolute atomic E-state index is 12.3. The van der Waals surface area contributed by atoms with E-state index in [9.17, 15) is 13.2 Å². The lowest BCUT2D eigenvalue weighted by Crippen LogP contribution is -2.04. The second-order valence-electron chi connectivity index (χ2n) is 1.82. The Hall–Kier alpha value is -0.530. The van der Waals surface area contributed by atoms with Crippen molar-refractivity contribution in [2.75, 3.05) is 0 Å². The molecule has 0 amide bonds. The fourth-order valence-electron chi connectivity index (χ4n) is 0.578. The number of aromatic nitrogens is 1. The van der Waals surface area contributed by atoms with Crippen molar-refractivity contribution in [3.8, 4) is 5.75 Å². The highest BCUT2D eigenvalue weighted by atomic mass is 127. The first-order chi connectivity index (χ1) is 5.59. The van der Waals surface area contributed by atoms with Crippen LogP contribution in [-0.4, -0.2) is 11.6 Å². The SMILES string of the molecule is Fc1cc(I)c(OC(F)F)cn1. The third-order valence-electron chi connectivity index (χ3n) is 1.00. The standard InChI is InChI=1S/C6H3F3INO/c7-5-1-3(10)4(2-11-5)12-6(8)9/h1-2,6H. The van der Waals surface area contributed by atoms with E-state index in [1.54, 1.807) is 22.6 Å². The van der Waals surface area contributed by atoms with Crippen LogP contribution in [-0.2, 0) is 0 Å². The van der Waals surface area contributed by atoms with Gasteiger partial charge in [-0.3, -0.25) is 0 Å². The number of hydrogen-bond acceptors (Lipinski definition) is 2. The zero-order valence-electron chi connectivity index (χ0n) is 5.60. The summed E-state index contributed by atoms with van der Waals surface area (Å²) in [5.74, 6) is -0.840. The van der Waals surface area contributed by atoms with Gasteiger partial charge in [-0.05, 0) is 22.6 Å². The van der Waals surface area contributed by atoms with Gasteiger partial charge >= 0.3 is 6.61 Å². The summed E-state index contributed by atoms with van der Waals surface area (Å²) in [7, 11) is 0. The Morgan fingerprint density at radius 2 is 2.17 bits per heavy atom. The highest BCUT2D eigenvalue weighted by Gasteiger charge is 2.08. The van der Waals surface area contributed by atoms with E-state index in [-0.39, 0.29) is 9.32 Å². The van der Waals surface area contributed by atoms with Crippen LogP contribution >= 0.6 is 22.6 Å². The number of alkyl halides is 2. The Bertz CT molecular complexity index is 281. The zero-order valence-corrected chi connectivity index (χ0v) is 7.76. The molecule has 1 aromatic rings. The molecule has 0 aliphatic rings. The summed E-state index contributed by atoms with van der Waals surface area (Å²) < 4.78 is 39.9. The van der Waals surface area contributed by atoms with E-state index in [4.69, 9.17) is 0 Å². The molecule has 1 aromatic heterocycles. The van der Waals surface area contributed by atoms with E-state index in [2.05, 4.69) is 9.72 Å². The maximum Gasteiger partial charge on any atom is 0.387 e. The lowest BCUT2D eigenvalue weighted by molar-refractivity contribution is -0.0507. The molecular formula is C6H3F3INO. The number of hydrogen-bond donors (Lipinski definition) is 0. The smallest absolute Gasteiger partial charge is 0.387 e. The van der Waals surface area contributed by atoms with Gasteiger partial charge in [0.2, 0.25) is 5.95 Å². The lowest BCUT2D eigenvalue weighted by atomic mass is 10.5. The summed E-state index contributed by atoms with van der Waals surface area (Å²) in [5.41, 5.74) is 0. The van der Waals surface area contributed by atoms with Crippen molar-refractivity contribution in [2.45, 2.75) is 6.61 Å². The molecule has 0 aliphatic carbocycles. The van der Waals surface area contributed by atoms with Crippen LogP contribution < -0.4 is 4.74 Å². The van der Waals surface area contributed by atoms with Gasteiger partial charge in [-0.1, -0.05) is 0 Å². The van der Waals surface area contributed by atoms with Gasteiger partial charge in [0.15, 0.2) is 5.75 Å². The van der Waals surface area contributed by atoms with E-state index >= 15 is 0 Å². The summed E-state index contributed by atoms with van der Waals surface area (Å²) in [6.07, 6.45) is 0.920. The predicted molar refractivity (Wildman–Crippen MR) is 43.5 cm³/mol. The van der Waals surface area contributed by atoms with Crippen LogP contribution in [0.1, 0.15) is 0 Å². The van der Waals surface area contributed by atoms with Crippen LogP contribution in [0.5, 0.6) is 5.75 Å². The highest BCUT2D eigenvalue weighted by molar-refractivity contribution is 14.1. The largest absolute Gasteiger partial charge is 0.432 e. The normalized spacial score (nSPS) is 10.4. The van der Waals surface area contributed by atoms with Crippen molar-refractivity contribution in [2.24, 2.45) is 0 Å². The molecule has 1 heterocycles. The fourth-order valence-corrected chi connectivity index (χ4v) is 1.10. The van der Waals surface area contributed by atoms with E-state index < -0.39 is 12.6 Å². The van der Waals surface area contributed by atoms with Crippen molar-refractivity contribution >= 4 is 22.6 Å². The molecule has 0 aromatic carbocycles. The number of rotatable bonds is 2. The first-order valence-electron chi connectivity index (χ1n) is 2.85. The van der Waals surface area contributed by atoms with E-state index in [0.717, 1.165) is 12.3 Å². The number of pyridine rings is 1. The van der Waals surface area contributed by atoms with Crippen LogP contribution in [0.25, 0.3) is 0 Å². The number of nitrogens with zero attached hydrogens (tertiary/aromatic N) is 1. The topological polar surface area (TPSA) is 22.1 Å². The second-order valence-corrected chi connectivity index (χ2v) is 2.98. The van der Waals surface area contributed by atoms with Gasteiger partial charge in [0.1, 0.15) is 0 Å². The Balaban J connectivity index is 2.86. The first kappa shape index (κ1) is 9.56. The molecule has 0 radical (unpaired) electrons. The van der Waals surface area contributed by atoms with Gasteiger partial charge in [0.25, 0.3) is 0 Å². The van der Waals surface area contributed by atoms with Crippen molar-refractivity contribution in [3.63, 3.8) is 0 Å². The molecule has 1 rings (SSSR count). The molecule has 0 aliphatic heterocycles.